The molecule has 2 N–H and O–H groups in total. The monoisotopic (exact) mass is 270 g/mol. The van der Waals surface area contributed by atoms with E-state index in [0.717, 1.165) is 4.90 Å². The van der Waals surface area contributed by atoms with E-state index in [2.05, 4.69) is 4.98 Å². The Bertz CT molecular complexity index is 494. The maximum atomic E-state index is 12.2. The number of carbonyl (C=O) groups is 2. The quantitative estimate of drug-likeness (QED) is 0.811. The van der Waals surface area contributed by atoms with E-state index in [1.807, 2.05) is 0 Å². The molecule has 0 aromatic carbocycles. The Balaban J connectivity index is 2.28. The number of nitrogens with zero attached hydrogens (tertiary/aromatic N) is 2. The molecule has 18 heavy (non-hydrogen) atoms. The van der Waals surface area contributed by atoms with E-state index in [0.29, 0.717) is 0 Å². The van der Waals surface area contributed by atoms with Gasteiger partial charge < -0.3 is 15.1 Å². The van der Waals surface area contributed by atoms with Gasteiger partial charge in [-0.15, -0.1) is 0 Å². The number of rotatable bonds is 2. The second-order valence-electron chi connectivity index (χ2n) is 4.06. The van der Waals surface area contributed by atoms with Gasteiger partial charge in [-0.05, 0) is 6.07 Å². The fraction of sp³-hybridized carbons (Fsp3) is 0.364. The molecule has 1 fully saturated rings. The molecule has 7 heteroatoms. The lowest BCUT2D eigenvalue weighted by Gasteiger charge is -2.21. The average Bonchev–Trinajstić information content (AvgIpc) is 2.71. The smallest absolute Gasteiger partial charge is 0.326 e. The maximum Gasteiger partial charge on any atom is 0.326 e. The minimum Gasteiger partial charge on any atom is -0.480 e. The van der Waals surface area contributed by atoms with Crippen LogP contribution in [-0.2, 0) is 4.79 Å². The number of likely N-dealkylation sites (tertiary alicyclic amines) is 1. The van der Waals surface area contributed by atoms with Crippen LogP contribution in [0.1, 0.15) is 16.8 Å². The van der Waals surface area contributed by atoms with Gasteiger partial charge in [0.05, 0.1) is 16.7 Å². The molecule has 96 valence electrons. The summed E-state index contributed by atoms with van der Waals surface area (Å²) in [5.41, 5.74) is 0.187. The highest BCUT2D eigenvalue weighted by Gasteiger charge is 2.39. The molecule has 0 radical (unpaired) electrons. The highest BCUT2D eigenvalue weighted by Crippen LogP contribution is 2.23. The summed E-state index contributed by atoms with van der Waals surface area (Å²) in [6.07, 6.45) is 1.93. The number of aliphatic carboxylic acids is 1. The van der Waals surface area contributed by atoms with Crippen molar-refractivity contribution < 1.29 is 19.8 Å². The van der Waals surface area contributed by atoms with Crippen LogP contribution in [0.5, 0.6) is 0 Å². The molecule has 2 rings (SSSR count). The Morgan fingerprint density at radius 1 is 1.50 bits per heavy atom. The number of hydrogen-bond acceptors (Lipinski definition) is 4. The molecular formula is C11H11ClN2O4. The lowest BCUT2D eigenvalue weighted by molar-refractivity contribution is -0.141. The third-order valence-electron chi connectivity index (χ3n) is 2.83. The molecule has 1 aromatic rings. The third kappa shape index (κ3) is 2.30. The molecule has 1 aliphatic heterocycles. The highest BCUT2D eigenvalue weighted by molar-refractivity contribution is 6.33. The van der Waals surface area contributed by atoms with Gasteiger partial charge in [0.2, 0.25) is 0 Å². The number of β-amino-alcohol motifs (C(OH)–C–C–N with tert-alkyl or cyclic N) is 1. The van der Waals surface area contributed by atoms with Gasteiger partial charge in [-0.25, -0.2) is 4.79 Å². The predicted molar refractivity (Wildman–Crippen MR) is 62.3 cm³/mol. The van der Waals surface area contributed by atoms with Crippen LogP contribution in [0.25, 0.3) is 0 Å². The second-order valence-corrected chi connectivity index (χ2v) is 4.46. The molecule has 1 aliphatic rings. The molecular weight excluding hydrogens is 260 g/mol. The molecule has 0 bridgehead atoms. The van der Waals surface area contributed by atoms with E-state index < -0.39 is 24.0 Å². The Morgan fingerprint density at radius 3 is 2.83 bits per heavy atom. The van der Waals surface area contributed by atoms with Gasteiger partial charge in [-0.3, -0.25) is 9.78 Å². The summed E-state index contributed by atoms with van der Waals surface area (Å²) in [5, 5.41) is 18.7. The van der Waals surface area contributed by atoms with Crippen LogP contribution in [0.3, 0.4) is 0 Å². The van der Waals surface area contributed by atoms with Crippen molar-refractivity contribution in [2.24, 2.45) is 0 Å². The summed E-state index contributed by atoms with van der Waals surface area (Å²) in [5.74, 6) is -1.64. The van der Waals surface area contributed by atoms with Crippen molar-refractivity contribution >= 4 is 23.5 Å². The fourth-order valence-electron chi connectivity index (χ4n) is 1.98. The fourth-order valence-corrected chi connectivity index (χ4v) is 2.18. The zero-order chi connectivity index (χ0) is 13.3. The van der Waals surface area contributed by atoms with Gasteiger partial charge in [0.15, 0.2) is 0 Å². The second kappa shape index (κ2) is 4.91. The average molecular weight is 271 g/mol. The van der Waals surface area contributed by atoms with Crippen molar-refractivity contribution in [1.29, 1.82) is 0 Å². The van der Waals surface area contributed by atoms with E-state index in [-0.39, 0.29) is 23.6 Å². The minimum absolute atomic E-state index is 0.00550. The first kappa shape index (κ1) is 12.8. The first-order chi connectivity index (χ1) is 8.50. The van der Waals surface area contributed by atoms with E-state index in [9.17, 15) is 14.7 Å². The lowest BCUT2D eigenvalue weighted by Crippen LogP contribution is -2.40. The molecule has 0 aliphatic carbocycles. The molecule has 2 heterocycles. The molecule has 1 amide bonds. The van der Waals surface area contributed by atoms with Gasteiger partial charge in [0, 0.05) is 25.4 Å². The Labute approximate surface area is 108 Å². The molecule has 6 nitrogen and oxygen atoms in total. The Morgan fingerprint density at radius 2 is 2.22 bits per heavy atom. The van der Waals surface area contributed by atoms with Crippen molar-refractivity contribution in [3.8, 4) is 0 Å². The zero-order valence-corrected chi connectivity index (χ0v) is 10.0. The van der Waals surface area contributed by atoms with Gasteiger partial charge in [-0.1, -0.05) is 11.6 Å². The number of aliphatic hydroxyl groups excluding tert-OH is 1. The van der Waals surface area contributed by atoms with Gasteiger partial charge in [0.25, 0.3) is 5.91 Å². The van der Waals surface area contributed by atoms with Gasteiger partial charge >= 0.3 is 5.97 Å². The van der Waals surface area contributed by atoms with Crippen LogP contribution in [0.2, 0.25) is 5.02 Å². The number of halogens is 1. The molecule has 2 atom stereocenters. The van der Waals surface area contributed by atoms with Gasteiger partial charge in [0.1, 0.15) is 6.04 Å². The minimum atomic E-state index is -1.13. The number of carboxylic acids is 1. The number of amides is 1. The van der Waals surface area contributed by atoms with Crippen molar-refractivity contribution in [3.63, 3.8) is 0 Å². The van der Waals surface area contributed by atoms with Crippen LogP contribution >= 0.6 is 11.6 Å². The number of hydrogen-bond donors (Lipinski definition) is 2. The van der Waals surface area contributed by atoms with E-state index in [1.165, 1.54) is 18.5 Å². The standard InChI is InChI=1S/C11H11ClN2O4/c12-8-4-13-2-1-7(8)10(16)14-5-6(15)3-9(14)11(17)18/h1-2,4,6,9,15H,3,5H2,(H,17,18)/t6-,9-/m0/s1. The van der Waals surface area contributed by atoms with Crippen molar-refractivity contribution in [2.75, 3.05) is 6.54 Å². The summed E-state index contributed by atoms with van der Waals surface area (Å²) >= 11 is 5.84. The number of carboxylic acid groups (broad SMARTS) is 1. The molecule has 1 aromatic heterocycles. The number of aromatic nitrogens is 1. The van der Waals surface area contributed by atoms with Crippen LogP contribution < -0.4 is 0 Å². The van der Waals surface area contributed by atoms with Crippen LogP contribution in [0.4, 0.5) is 0 Å². The summed E-state index contributed by atoms with van der Waals surface area (Å²) in [6.45, 7) is -0.00550. The maximum absolute atomic E-state index is 12.2. The normalized spacial score (nSPS) is 23.1. The van der Waals surface area contributed by atoms with Crippen molar-refractivity contribution in [2.45, 2.75) is 18.6 Å². The summed E-state index contributed by atoms with van der Waals surface area (Å²) in [7, 11) is 0. The summed E-state index contributed by atoms with van der Waals surface area (Å²) in [6, 6.07) is 0.408. The van der Waals surface area contributed by atoms with Crippen LogP contribution in [0, 0.1) is 0 Å². The number of aliphatic hydroxyl groups is 1. The molecule has 0 spiro atoms. The highest BCUT2D eigenvalue weighted by atomic mass is 35.5. The first-order valence-electron chi connectivity index (χ1n) is 5.32. The summed E-state index contributed by atoms with van der Waals surface area (Å²) < 4.78 is 0. The lowest BCUT2D eigenvalue weighted by atomic mass is 10.2. The van der Waals surface area contributed by atoms with E-state index in [1.54, 1.807) is 0 Å². The van der Waals surface area contributed by atoms with Crippen LogP contribution in [-0.4, -0.2) is 50.7 Å². The van der Waals surface area contributed by atoms with Crippen LogP contribution in [0.15, 0.2) is 18.5 Å². The number of pyridine rings is 1. The third-order valence-corrected chi connectivity index (χ3v) is 3.13. The van der Waals surface area contributed by atoms with Gasteiger partial charge in [-0.2, -0.15) is 0 Å². The summed E-state index contributed by atoms with van der Waals surface area (Å²) in [4.78, 5) is 28.1. The SMILES string of the molecule is O=C(O)[C@@H]1C[C@H](O)CN1C(=O)c1ccncc1Cl. The molecule has 0 unspecified atom stereocenters. The largest absolute Gasteiger partial charge is 0.480 e. The zero-order valence-electron chi connectivity index (χ0n) is 9.28. The van der Waals surface area contributed by atoms with E-state index in [4.69, 9.17) is 16.7 Å². The van der Waals surface area contributed by atoms with Crippen molar-refractivity contribution in [1.82, 2.24) is 9.88 Å². The Hall–Kier alpha value is -1.66. The predicted octanol–water partition coefficient (Wildman–Crippen LogP) is 0.395. The molecule has 1 saturated heterocycles. The Kier molecular flexibility index (Phi) is 3.49. The topological polar surface area (TPSA) is 90.7 Å². The molecule has 0 saturated carbocycles. The van der Waals surface area contributed by atoms with E-state index >= 15 is 0 Å². The first-order valence-corrected chi connectivity index (χ1v) is 5.70. The van der Waals surface area contributed by atoms with Crippen molar-refractivity contribution in [3.05, 3.63) is 29.0 Å². The number of carbonyl (C=O) groups excluding carboxylic acids is 1.